The standard InChI is InChI=1S/C18H20ClN3O2/c1-11(20)18-21-14-8-16(23-2)17(24-3)9-15(14)22(18)10-12-6-4-5-7-13(12)19/h4-9,11H,10,20H2,1-3H3. The van der Waals surface area contributed by atoms with E-state index in [9.17, 15) is 0 Å². The summed E-state index contributed by atoms with van der Waals surface area (Å²) in [6, 6.07) is 11.3. The molecule has 0 aliphatic heterocycles. The number of nitrogens with zero attached hydrogens (tertiary/aromatic N) is 2. The van der Waals surface area contributed by atoms with Crippen LogP contribution in [-0.2, 0) is 6.54 Å². The number of rotatable bonds is 5. The lowest BCUT2D eigenvalue weighted by atomic mass is 10.2. The zero-order valence-corrected chi connectivity index (χ0v) is 14.7. The lowest BCUT2D eigenvalue weighted by molar-refractivity contribution is 0.355. The number of hydrogen-bond acceptors (Lipinski definition) is 4. The fraction of sp³-hybridized carbons (Fsp3) is 0.278. The van der Waals surface area contributed by atoms with Crippen molar-refractivity contribution in [1.82, 2.24) is 9.55 Å². The predicted molar refractivity (Wildman–Crippen MR) is 96.0 cm³/mol. The van der Waals surface area contributed by atoms with Crippen molar-refractivity contribution >= 4 is 22.6 Å². The van der Waals surface area contributed by atoms with Crippen LogP contribution in [-0.4, -0.2) is 23.8 Å². The number of imidazole rings is 1. The van der Waals surface area contributed by atoms with Gasteiger partial charge in [-0.1, -0.05) is 29.8 Å². The summed E-state index contributed by atoms with van der Waals surface area (Å²) in [7, 11) is 3.22. The normalized spacial score (nSPS) is 12.4. The van der Waals surface area contributed by atoms with Gasteiger partial charge in [-0.2, -0.15) is 0 Å². The van der Waals surface area contributed by atoms with Gasteiger partial charge < -0.3 is 19.8 Å². The van der Waals surface area contributed by atoms with Crippen LogP contribution in [0.25, 0.3) is 11.0 Å². The monoisotopic (exact) mass is 345 g/mol. The van der Waals surface area contributed by atoms with E-state index < -0.39 is 0 Å². The fourth-order valence-corrected chi connectivity index (χ4v) is 2.98. The lowest BCUT2D eigenvalue weighted by Crippen LogP contribution is -2.14. The Morgan fingerprint density at radius 2 is 1.83 bits per heavy atom. The van der Waals surface area contributed by atoms with Crippen molar-refractivity contribution in [1.29, 1.82) is 0 Å². The van der Waals surface area contributed by atoms with Crippen LogP contribution in [0.1, 0.15) is 24.4 Å². The van der Waals surface area contributed by atoms with Crippen molar-refractivity contribution < 1.29 is 9.47 Å². The molecule has 0 saturated carbocycles. The smallest absolute Gasteiger partial charge is 0.163 e. The first kappa shape index (κ1) is 16.6. The van der Waals surface area contributed by atoms with E-state index >= 15 is 0 Å². The first-order chi connectivity index (χ1) is 11.5. The minimum Gasteiger partial charge on any atom is -0.493 e. The summed E-state index contributed by atoms with van der Waals surface area (Å²) >= 11 is 6.32. The largest absolute Gasteiger partial charge is 0.493 e. The van der Waals surface area contributed by atoms with Crippen LogP contribution in [0.2, 0.25) is 5.02 Å². The molecule has 2 N–H and O–H groups in total. The Labute approximate surface area is 146 Å². The van der Waals surface area contributed by atoms with Gasteiger partial charge in [0.15, 0.2) is 11.5 Å². The second-order valence-corrected chi connectivity index (χ2v) is 6.04. The number of methoxy groups -OCH3 is 2. The topological polar surface area (TPSA) is 62.3 Å². The number of hydrogen-bond donors (Lipinski definition) is 1. The average Bonchev–Trinajstić information content (AvgIpc) is 2.93. The van der Waals surface area contributed by atoms with Crippen molar-refractivity contribution in [2.45, 2.75) is 19.5 Å². The van der Waals surface area contributed by atoms with Gasteiger partial charge in [0.2, 0.25) is 0 Å². The molecule has 0 fully saturated rings. The van der Waals surface area contributed by atoms with Crippen LogP contribution < -0.4 is 15.2 Å². The zero-order chi connectivity index (χ0) is 17.3. The molecule has 3 rings (SSSR count). The van der Waals surface area contributed by atoms with Gasteiger partial charge in [0.1, 0.15) is 5.82 Å². The van der Waals surface area contributed by atoms with Crippen LogP contribution >= 0.6 is 11.6 Å². The zero-order valence-electron chi connectivity index (χ0n) is 13.9. The fourth-order valence-electron chi connectivity index (χ4n) is 2.78. The first-order valence-electron chi connectivity index (χ1n) is 7.66. The number of ether oxygens (including phenoxy) is 2. The summed E-state index contributed by atoms with van der Waals surface area (Å²) < 4.78 is 12.9. The summed E-state index contributed by atoms with van der Waals surface area (Å²) in [6.07, 6.45) is 0. The Morgan fingerprint density at radius 3 is 2.46 bits per heavy atom. The number of fused-ring (bicyclic) bond motifs is 1. The van der Waals surface area contributed by atoms with Crippen LogP contribution in [0.4, 0.5) is 0 Å². The molecule has 6 heteroatoms. The molecule has 0 bridgehead atoms. The molecule has 126 valence electrons. The molecular formula is C18H20ClN3O2. The minimum absolute atomic E-state index is 0.211. The Morgan fingerprint density at radius 1 is 1.17 bits per heavy atom. The number of halogens is 1. The molecule has 1 atom stereocenters. The quantitative estimate of drug-likeness (QED) is 0.764. The summed E-state index contributed by atoms with van der Waals surface area (Å²) in [6.45, 7) is 2.50. The molecule has 0 amide bonds. The Balaban J connectivity index is 2.20. The summed E-state index contributed by atoms with van der Waals surface area (Å²) in [5, 5.41) is 0.718. The third-order valence-corrected chi connectivity index (χ3v) is 4.35. The van der Waals surface area contributed by atoms with Gasteiger partial charge in [0, 0.05) is 17.2 Å². The molecule has 0 spiro atoms. The third kappa shape index (κ3) is 2.92. The van der Waals surface area contributed by atoms with E-state index in [1.54, 1.807) is 14.2 Å². The molecule has 0 aliphatic rings. The molecule has 0 saturated heterocycles. The molecule has 0 radical (unpaired) electrons. The minimum atomic E-state index is -0.211. The van der Waals surface area contributed by atoms with Gasteiger partial charge in [0.25, 0.3) is 0 Å². The van der Waals surface area contributed by atoms with E-state index in [1.165, 1.54) is 0 Å². The van der Waals surface area contributed by atoms with E-state index in [0.717, 1.165) is 27.4 Å². The Kier molecular flexibility index (Phi) is 4.64. The summed E-state index contributed by atoms with van der Waals surface area (Å²) in [4.78, 5) is 4.68. The molecule has 24 heavy (non-hydrogen) atoms. The second kappa shape index (κ2) is 6.71. The molecular weight excluding hydrogens is 326 g/mol. The highest BCUT2D eigenvalue weighted by atomic mass is 35.5. The van der Waals surface area contributed by atoms with E-state index in [2.05, 4.69) is 9.55 Å². The summed E-state index contributed by atoms with van der Waals surface area (Å²) in [5.41, 5.74) is 8.88. The van der Waals surface area contributed by atoms with Crippen molar-refractivity contribution in [2.24, 2.45) is 5.73 Å². The highest BCUT2D eigenvalue weighted by molar-refractivity contribution is 6.31. The second-order valence-electron chi connectivity index (χ2n) is 5.63. The van der Waals surface area contributed by atoms with Gasteiger partial charge in [0.05, 0.1) is 37.8 Å². The molecule has 0 aliphatic carbocycles. The molecule has 1 unspecified atom stereocenters. The molecule has 5 nitrogen and oxygen atoms in total. The van der Waals surface area contributed by atoms with E-state index in [1.807, 2.05) is 43.3 Å². The number of aromatic nitrogens is 2. The van der Waals surface area contributed by atoms with Crippen LogP contribution in [0.5, 0.6) is 11.5 Å². The maximum Gasteiger partial charge on any atom is 0.163 e. The highest BCUT2D eigenvalue weighted by Crippen LogP contribution is 2.34. The van der Waals surface area contributed by atoms with Gasteiger partial charge in [-0.3, -0.25) is 0 Å². The summed E-state index contributed by atoms with van der Waals surface area (Å²) in [5.74, 6) is 2.09. The van der Waals surface area contributed by atoms with Gasteiger partial charge in [-0.15, -0.1) is 0 Å². The Bertz CT molecular complexity index is 874. The average molecular weight is 346 g/mol. The van der Waals surface area contributed by atoms with E-state index in [0.29, 0.717) is 18.0 Å². The Hall–Kier alpha value is -2.24. The predicted octanol–water partition coefficient (Wildman–Crippen LogP) is 3.77. The highest BCUT2D eigenvalue weighted by Gasteiger charge is 2.18. The van der Waals surface area contributed by atoms with Crippen molar-refractivity contribution in [3.63, 3.8) is 0 Å². The van der Waals surface area contributed by atoms with Crippen LogP contribution in [0.3, 0.4) is 0 Å². The molecule has 3 aromatic rings. The first-order valence-corrected chi connectivity index (χ1v) is 8.04. The number of benzene rings is 2. The van der Waals surface area contributed by atoms with E-state index in [-0.39, 0.29) is 6.04 Å². The maximum absolute atomic E-state index is 6.32. The molecule has 2 aromatic carbocycles. The van der Waals surface area contributed by atoms with Gasteiger partial charge >= 0.3 is 0 Å². The number of nitrogens with two attached hydrogens (primary N) is 1. The van der Waals surface area contributed by atoms with E-state index in [4.69, 9.17) is 26.8 Å². The third-order valence-electron chi connectivity index (χ3n) is 3.98. The molecule has 1 heterocycles. The van der Waals surface area contributed by atoms with Crippen LogP contribution in [0, 0.1) is 0 Å². The van der Waals surface area contributed by atoms with Crippen LogP contribution in [0.15, 0.2) is 36.4 Å². The van der Waals surface area contributed by atoms with Gasteiger partial charge in [-0.25, -0.2) is 4.98 Å². The SMILES string of the molecule is COc1cc2nc(C(C)N)n(Cc3ccccc3Cl)c2cc1OC. The lowest BCUT2D eigenvalue weighted by Gasteiger charge is -2.13. The van der Waals surface area contributed by atoms with Crippen molar-refractivity contribution in [3.05, 3.63) is 52.8 Å². The van der Waals surface area contributed by atoms with Crippen molar-refractivity contribution in [2.75, 3.05) is 14.2 Å². The maximum atomic E-state index is 6.32. The van der Waals surface area contributed by atoms with Crippen molar-refractivity contribution in [3.8, 4) is 11.5 Å². The molecule has 1 aromatic heterocycles. The van der Waals surface area contributed by atoms with Gasteiger partial charge in [-0.05, 0) is 18.6 Å².